The number of hydrogen-bond acceptors (Lipinski definition) is 6. The van der Waals surface area contributed by atoms with Crippen LogP contribution in [0.3, 0.4) is 0 Å². The second-order valence-electron chi connectivity index (χ2n) is 8.70. The van der Waals surface area contributed by atoms with Crippen LogP contribution < -0.4 is 5.56 Å². The summed E-state index contributed by atoms with van der Waals surface area (Å²) in [6.07, 6.45) is 8.44. The second kappa shape index (κ2) is 8.48. The van der Waals surface area contributed by atoms with Crippen molar-refractivity contribution in [3.63, 3.8) is 0 Å². The fraction of sp³-hybridized carbons (Fsp3) is 0.478. The Morgan fingerprint density at radius 2 is 2.12 bits per heavy atom. The van der Waals surface area contributed by atoms with Crippen molar-refractivity contribution in [2.24, 2.45) is 0 Å². The standard InChI is InChI=1S/C23H27N5O4/c29-11-10-27(17-14-32-15-17)22(31)18-12-20(30)26-19(25-18)13-23(6-1-2-7-23)28-9-5-16-4-3-8-24-21(16)28/h3-5,8-9,12,17,29H,1-2,6-7,10-11,13-15H2,(H,25,26,30). The lowest BCUT2D eigenvalue weighted by Gasteiger charge is -2.36. The molecule has 2 fully saturated rings. The summed E-state index contributed by atoms with van der Waals surface area (Å²) in [4.78, 5) is 39.1. The Morgan fingerprint density at radius 1 is 1.31 bits per heavy atom. The maximum absolute atomic E-state index is 13.1. The number of nitrogens with one attached hydrogen (secondary N) is 1. The Morgan fingerprint density at radius 3 is 2.84 bits per heavy atom. The van der Waals surface area contributed by atoms with Crippen LogP contribution in [-0.4, -0.2) is 67.8 Å². The van der Waals surface area contributed by atoms with E-state index in [0.29, 0.717) is 25.5 Å². The highest BCUT2D eigenvalue weighted by molar-refractivity contribution is 5.92. The molecular formula is C23H27N5O4. The minimum Gasteiger partial charge on any atom is -0.395 e. The van der Waals surface area contributed by atoms with Crippen LogP contribution in [0.4, 0.5) is 0 Å². The molecule has 2 aliphatic rings. The third-order valence-corrected chi connectivity index (χ3v) is 6.66. The van der Waals surface area contributed by atoms with Gasteiger partial charge < -0.3 is 24.3 Å². The maximum atomic E-state index is 13.1. The number of aliphatic hydroxyl groups is 1. The number of H-pyrrole nitrogens is 1. The molecule has 0 spiro atoms. The molecule has 0 aromatic carbocycles. The Bertz CT molecular complexity index is 1180. The number of pyridine rings is 1. The number of ether oxygens (including phenoxy) is 1. The van der Waals surface area contributed by atoms with Crippen molar-refractivity contribution in [1.29, 1.82) is 0 Å². The number of aromatic nitrogens is 4. The van der Waals surface area contributed by atoms with Gasteiger partial charge in [-0.1, -0.05) is 12.8 Å². The lowest BCUT2D eigenvalue weighted by Crippen LogP contribution is -2.53. The molecule has 9 heteroatoms. The molecule has 32 heavy (non-hydrogen) atoms. The number of aromatic amines is 1. The van der Waals surface area contributed by atoms with Crippen molar-refractivity contribution in [2.75, 3.05) is 26.4 Å². The third kappa shape index (κ3) is 3.71. The van der Waals surface area contributed by atoms with Gasteiger partial charge in [0.2, 0.25) is 0 Å². The van der Waals surface area contributed by atoms with E-state index in [-0.39, 0.29) is 41.9 Å². The van der Waals surface area contributed by atoms with Crippen LogP contribution in [0.25, 0.3) is 11.0 Å². The van der Waals surface area contributed by atoms with Gasteiger partial charge in [0, 0.05) is 36.8 Å². The minimum atomic E-state index is -0.353. The van der Waals surface area contributed by atoms with Crippen molar-refractivity contribution in [1.82, 2.24) is 24.4 Å². The number of carbonyl (C=O) groups is 1. The molecule has 1 saturated heterocycles. The van der Waals surface area contributed by atoms with Gasteiger partial charge >= 0.3 is 0 Å². The lowest BCUT2D eigenvalue weighted by molar-refractivity contribution is -0.0571. The molecule has 0 atom stereocenters. The van der Waals surface area contributed by atoms with Crippen LogP contribution >= 0.6 is 0 Å². The summed E-state index contributed by atoms with van der Waals surface area (Å²) in [5.74, 6) is 0.141. The van der Waals surface area contributed by atoms with Gasteiger partial charge in [-0.05, 0) is 31.0 Å². The Kier molecular flexibility index (Phi) is 5.52. The van der Waals surface area contributed by atoms with E-state index in [9.17, 15) is 14.7 Å². The second-order valence-corrected chi connectivity index (χ2v) is 8.70. The molecule has 1 aliphatic heterocycles. The number of aliphatic hydroxyl groups excluding tert-OH is 1. The van der Waals surface area contributed by atoms with Crippen molar-refractivity contribution < 1.29 is 14.6 Å². The van der Waals surface area contributed by atoms with E-state index in [2.05, 4.69) is 31.8 Å². The zero-order valence-corrected chi connectivity index (χ0v) is 17.9. The smallest absolute Gasteiger partial charge is 0.273 e. The van der Waals surface area contributed by atoms with Crippen LogP contribution in [0.2, 0.25) is 0 Å². The van der Waals surface area contributed by atoms with Gasteiger partial charge in [0.15, 0.2) is 0 Å². The molecule has 0 radical (unpaired) electrons. The molecule has 168 valence electrons. The monoisotopic (exact) mass is 437 g/mol. The summed E-state index contributed by atoms with van der Waals surface area (Å²) in [5, 5.41) is 10.5. The average molecular weight is 438 g/mol. The van der Waals surface area contributed by atoms with Gasteiger partial charge in [0.25, 0.3) is 11.5 Å². The lowest BCUT2D eigenvalue weighted by atomic mass is 9.92. The molecule has 1 saturated carbocycles. The van der Waals surface area contributed by atoms with Gasteiger partial charge in [-0.15, -0.1) is 0 Å². The first-order valence-corrected chi connectivity index (χ1v) is 11.1. The first-order valence-electron chi connectivity index (χ1n) is 11.1. The van der Waals surface area contributed by atoms with Crippen LogP contribution in [-0.2, 0) is 16.7 Å². The molecule has 1 amide bonds. The first-order chi connectivity index (χ1) is 15.6. The number of carbonyl (C=O) groups excluding carboxylic acids is 1. The van der Waals surface area contributed by atoms with Crippen molar-refractivity contribution >= 4 is 16.9 Å². The van der Waals surface area contributed by atoms with Gasteiger partial charge in [0.1, 0.15) is 17.2 Å². The molecule has 3 aromatic heterocycles. The molecule has 0 bridgehead atoms. The SMILES string of the molecule is O=C(c1cc(=O)[nH]c(CC2(n3ccc4cccnc43)CCCC2)n1)N(CCO)C1COC1. The first kappa shape index (κ1) is 20.8. The normalized spacial score (nSPS) is 18.0. The van der Waals surface area contributed by atoms with E-state index < -0.39 is 0 Å². The number of fused-ring (bicyclic) bond motifs is 1. The van der Waals surface area contributed by atoms with E-state index in [1.54, 1.807) is 11.1 Å². The number of hydrogen-bond donors (Lipinski definition) is 2. The van der Waals surface area contributed by atoms with Gasteiger partial charge in [-0.25, -0.2) is 9.97 Å². The number of amides is 1. The predicted octanol–water partition coefficient (Wildman–Crippen LogP) is 1.46. The average Bonchev–Trinajstić information content (AvgIpc) is 3.39. The van der Waals surface area contributed by atoms with E-state index in [1.165, 1.54) is 6.07 Å². The fourth-order valence-electron chi connectivity index (χ4n) is 5.01. The van der Waals surface area contributed by atoms with Crippen molar-refractivity contribution in [3.05, 3.63) is 58.5 Å². The highest BCUT2D eigenvalue weighted by Gasteiger charge is 2.38. The topological polar surface area (TPSA) is 113 Å². The van der Waals surface area contributed by atoms with Gasteiger partial charge in [-0.3, -0.25) is 9.59 Å². The summed E-state index contributed by atoms with van der Waals surface area (Å²) >= 11 is 0. The van der Waals surface area contributed by atoms with Crippen LogP contribution in [0, 0.1) is 0 Å². The summed E-state index contributed by atoms with van der Waals surface area (Å²) in [7, 11) is 0. The molecular weight excluding hydrogens is 410 g/mol. The Hall–Kier alpha value is -3.04. The predicted molar refractivity (Wildman–Crippen MR) is 117 cm³/mol. The zero-order valence-electron chi connectivity index (χ0n) is 17.9. The number of rotatable bonds is 7. The van der Waals surface area contributed by atoms with E-state index in [4.69, 9.17) is 4.74 Å². The van der Waals surface area contributed by atoms with Gasteiger partial charge in [-0.2, -0.15) is 0 Å². The molecule has 3 aromatic rings. The molecule has 2 N–H and O–H groups in total. The van der Waals surface area contributed by atoms with Crippen LogP contribution in [0.1, 0.15) is 42.0 Å². The molecule has 0 unspecified atom stereocenters. The number of nitrogens with zero attached hydrogens (tertiary/aromatic N) is 4. The van der Waals surface area contributed by atoms with E-state index >= 15 is 0 Å². The van der Waals surface area contributed by atoms with E-state index in [0.717, 1.165) is 36.7 Å². The third-order valence-electron chi connectivity index (χ3n) is 6.66. The van der Waals surface area contributed by atoms with Crippen LogP contribution in [0.15, 0.2) is 41.5 Å². The minimum absolute atomic E-state index is 0.0994. The zero-order chi connectivity index (χ0) is 22.1. The van der Waals surface area contributed by atoms with Crippen LogP contribution in [0.5, 0.6) is 0 Å². The van der Waals surface area contributed by atoms with Crippen molar-refractivity contribution in [3.8, 4) is 0 Å². The molecule has 1 aliphatic carbocycles. The maximum Gasteiger partial charge on any atom is 0.273 e. The fourth-order valence-corrected chi connectivity index (χ4v) is 5.01. The summed E-state index contributed by atoms with van der Waals surface area (Å²) < 4.78 is 7.42. The highest BCUT2D eigenvalue weighted by Crippen LogP contribution is 2.40. The summed E-state index contributed by atoms with van der Waals surface area (Å²) in [6.45, 7) is 0.883. The largest absolute Gasteiger partial charge is 0.395 e. The van der Waals surface area contributed by atoms with E-state index in [1.807, 2.05) is 12.1 Å². The Balaban J connectivity index is 1.48. The highest BCUT2D eigenvalue weighted by atomic mass is 16.5. The summed E-state index contributed by atoms with van der Waals surface area (Å²) in [5.41, 5.74) is 0.423. The molecule has 9 nitrogen and oxygen atoms in total. The van der Waals surface area contributed by atoms with Gasteiger partial charge in [0.05, 0.1) is 31.4 Å². The van der Waals surface area contributed by atoms with Crippen molar-refractivity contribution in [2.45, 2.75) is 43.7 Å². The Labute approximate surface area is 185 Å². The summed E-state index contributed by atoms with van der Waals surface area (Å²) in [6, 6.07) is 7.17. The quantitative estimate of drug-likeness (QED) is 0.579. The molecule has 4 heterocycles. The molecule has 5 rings (SSSR count).